The molecule has 0 spiro atoms. The summed E-state index contributed by atoms with van der Waals surface area (Å²) in [6, 6.07) is 15.4. The highest BCUT2D eigenvalue weighted by Crippen LogP contribution is 2.35. The molecule has 0 atom stereocenters. The zero-order valence-corrected chi connectivity index (χ0v) is 15.7. The van der Waals surface area contributed by atoms with Crippen LogP contribution in [0.15, 0.2) is 70.2 Å². The molecule has 128 valence electrons. The first kappa shape index (κ1) is 16.8. The Labute approximate surface area is 161 Å². The molecule has 4 rings (SSSR count). The van der Waals surface area contributed by atoms with E-state index in [1.165, 1.54) is 11.3 Å². The van der Waals surface area contributed by atoms with Crippen molar-refractivity contribution in [2.75, 3.05) is 0 Å². The molecule has 0 aliphatic carbocycles. The number of ether oxygens (including phenoxy) is 2. The monoisotopic (exact) mass is 426 g/mol. The first-order valence-electron chi connectivity index (χ1n) is 7.70. The number of thiophene rings is 1. The van der Waals surface area contributed by atoms with E-state index >= 15 is 0 Å². The van der Waals surface area contributed by atoms with Crippen LogP contribution in [0.3, 0.4) is 0 Å². The summed E-state index contributed by atoms with van der Waals surface area (Å²) in [5.41, 5.74) is 0.889. The Kier molecular flexibility index (Phi) is 4.44. The number of rotatable bonds is 3. The van der Waals surface area contributed by atoms with Crippen molar-refractivity contribution in [3.05, 3.63) is 86.2 Å². The molecule has 0 amide bonds. The molecular formula is C20H11BrO4S. The van der Waals surface area contributed by atoms with E-state index in [-0.39, 0.29) is 11.5 Å². The van der Waals surface area contributed by atoms with Crippen LogP contribution in [0.2, 0.25) is 0 Å². The SMILES string of the molecule is O=C(Oc1ccc2c(c1)O/C(=C\c1cccs1)C2=O)c1ccc(Br)cc1. The molecule has 0 saturated carbocycles. The highest BCUT2D eigenvalue weighted by molar-refractivity contribution is 9.10. The third kappa shape index (κ3) is 3.34. The molecule has 0 radical (unpaired) electrons. The first-order chi connectivity index (χ1) is 12.6. The molecule has 2 aromatic carbocycles. The summed E-state index contributed by atoms with van der Waals surface area (Å²) < 4.78 is 11.9. The van der Waals surface area contributed by atoms with Crippen LogP contribution in [0.5, 0.6) is 11.5 Å². The average molecular weight is 427 g/mol. The van der Waals surface area contributed by atoms with Gasteiger partial charge in [0, 0.05) is 21.5 Å². The number of benzene rings is 2. The number of allylic oxidation sites excluding steroid dienone is 1. The number of halogens is 1. The highest BCUT2D eigenvalue weighted by Gasteiger charge is 2.28. The summed E-state index contributed by atoms with van der Waals surface area (Å²) in [7, 11) is 0. The topological polar surface area (TPSA) is 52.6 Å². The van der Waals surface area contributed by atoms with E-state index in [4.69, 9.17) is 9.47 Å². The van der Waals surface area contributed by atoms with Gasteiger partial charge in [0.15, 0.2) is 5.76 Å². The summed E-state index contributed by atoms with van der Waals surface area (Å²) in [6.07, 6.45) is 1.71. The summed E-state index contributed by atoms with van der Waals surface area (Å²) in [5, 5.41) is 1.93. The standard InChI is InChI=1S/C20H11BrO4S/c21-13-5-3-12(4-6-13)20(23)24-14-7-8-16-17(10-14)25-18(19(16)22)11-15-2-1-9-26-15/h1-11H/b18-11-. The quantitative estimate of drug-likeness (QED) is 0.322. The van der Waals surface area contributed by atoms with Crippen LogP contribution in [-0.4, -0.2) is 11.8 Å². The van der Waals surface area contributed by atoms with Crippen molar-refractivity contribution in [3.63, 3.8) is 0 Å². The van der Waals surface area contributed by atoms with Crippen molar-refractivity contribution in [1.82, 2.24) is 0 Å². The Morgan fingerprint density at radius 3 is 2.65 bits per heavy atom. The fraction of sp³-hybridized carbons (Fsp3) is 0. The number of fused-ring (bicyclic) bond motifs is 1. The number of ketones is 1. The lowest BCUT2D eigenvalue weighted by atomic mass is 10.1. The van der Waals surface area contributed by atoms with Gasteiger partial charge in [0.1, 0.15) is 11.5 Å². The van der Waals surface area contributed by atoms with E-state index in [2.05, 4.69) is 15.9 Å². The van der Waals surface area contributed by atoms with E-state index in [1.54, 1.807) is 48.5 Å². The van der Waals surface area contributed by atoms with Gasteiger partial charge in [0.25, 0.3) is 0 Å². The molecule has 0 N–H and O–H groups in total. The van der Waals surface area contributed by atoms with Gasteiger partial charge >= 0.3 is 5.97 Å². The number of carbonyl (C=O) groups is 2. The fourth-order valence-corrected chi connectivity index (χ4v) is 3.40. The van der Waals surface area contributed by atoms with E-state index < -0.39 is 5.97 Å². The highest BCUT2D eigenvalue weighted by atomic mass is 79.9. The maximum atomic E-state index is 12.4. The van der Waals surface area contributed by atoms with Gasteiger partial charge in [-0.1, -0.05) is 22.0 Å². The zero-order valence-electron chi connectivity index (χ0n) is 13.3. The Morgan fingerprint density at radius 1 is 1.12 bits per heavy atom. The van der Waals surface area contributed by atoms with Gasteiger partial charge in [-0.15, -0.1) is 11.3 Å². The molecule has 6 heteroatoms. The van der Waals surface area contributed by atoms with Gasteiger partial charge < -0.3 is 9.47 Å². The summed E-state index contributed by atoms with van der Waals surface area (Å²) in [6.45, 7) is 0. The normalized spacial score (nSPS) is 14.2. The Balaban J connectivity index is 1.55. The predicted octanol–water partition coefficient (Wildman–Crippen LogP) is 5.35. The molecule has 1 aromatic heterocycles. The van der Waals surface area contributed by atoms with Crippen LogP contribution >= 0.6 is 27.3 Å². The van der Waals surface area contributed by atoms with Crippen LogP contribution in [-0.2, 0) is 0 Å². The summed E-state index contributed by atoms with van der Waals surface area (Å²) >= 11 is 4.84. The average Bonchev–Trinajstić information content (AvgIpc) is 3.24. The molecule has 4 nitrogen and oxygen atoms in total. The minimum absolute atomic E-state index is 0.181. The second-order valence-corrected chi connectivity index (χ2v) is 7.40. The van der Waals surface area contributed by atoms with Crippen LogP contribution in [0.25, 0.3) is 6.08 Å². The molecule has 2 heterocycles. The largest absolute Gasteiger partial charge is 0.452 e. The minimum Gasteiger partial charge on any atom is -0.452 e. The summed E-state index contributed by atoms with van der Waals surface area (Å²) in [5.74, 6) is 0.315. The van der Waals surface area contributed by atoms with Gasteiger partial charge in [-0.3, -0.25) is 4.79 Å². The Morgan fingerprint density at radius 2 is 1.92 bits per heavy atom. The van der Waals surface area contributed by atoms with Crippen molar-refractivity contribution < 1.29 is 19.1 Å². The third-order valence-electron chi connectivity index (χ3n) is 3.75. The molecular weight excluding hydrogens is 416 g/mol. The predicted molar refractivity (Wildman–Crippen MR) is 103 cm³/mol. The van der Waals surface area contributed by atoms with Crippen LogP contribution in [0.4, 0.5) is 0 Å². The van der Waals surface area contributed by atoms with E-state index in [1.807, 2.05) is 17.5 Å². The zero-order chi connectivity index (χ0) is 18.1. The van der Waals surface area contributed by atoms with Gasteiger partial charge in [-0.05, 0) is 47.8 Å². The molecule has 26 heavy (non-hydrogen) atoms. The maximum Gasteiger partial charge on any atom is 0.343 e. The van der Waals surface area contributed by atoms with Gasteiger partial charge in [0.2, 0.25) is 5.78 Å². The van der Waals surface area contributed by atoms with Crippen molar-refractivity contribution in [2.45, 2.75) is 0 Å². The van der Waals surface area contributed by atoms with Gasteiger partial charge in [-0.2, -0.15) is 0 Å². The Bertz CT molecular complexity index is 1020. The lowest BCUT2D eigenvalue weighted by Crippen LogP contribution is -2.08. The van der Waals surface area contributed by atoms with Crippen LogP contribution < -0.4 is 9.47 Å². The van der Waals surface area contributed by atoms with Gasteiger partial charge in [0.05, 0.1) is 11.1 Å². The number of hydrogen-bond acceptors (Lipinski definition) is 5. The second kappa shape index (κ2) is 6.90. The molecule has 1 aliphatic rings. The fourth-order valence-electron chi connectivity index (χ4n) is 2.49. The van der Waals surface area contributed by atoms with Gasteiger partial charge in [-0.25, -0.2) is 4.79 Å². The lowest BCUT2D eigenvalue weighted by molar-refractivity contribution is 0.0734. The molecule has 3 aromatic rings. The van der Waals surface area contributed by atoms with E-state index in [0.717, 1.165) is 9.35 Å². The van der Waals surface area contributed by atoms with Crippen molar-refractivity contribution >= 4 is 45.1 Å². The number of Topliss-reactive ketones (excluding diaryl/α,β-unsaturated/α-hetero) is 1. The van der Waals surface area contributed by atoms with Crippen molar-refractivity contribution in [2.24, 2.45) is 0 Å². The number of esters is 1. The maximum absolute atomic E-state index is 12.4. The molecule has 0 saturated heterocycles. The minimum atomic E-state index is -0.476. The molecule has 0 unspecified atom stereocenters. The number of hydrogen-bond donors (Lipinski definition) is 0. The lowest BCUT2D eigenvalue weighted by Gasteiger charge is -2.05. The second-order valence-electron chi connectivity index (χ2n) is 5.51. The first-order valence-corrected chi connectivity index (χ1v) is 9.37. The van der Waals surface area contributed by atoms with Crippen LogP contribution in [0.1, 0.15) is 25.6 Å². The van der Waals surface area contributed by atoms with E-state index in [0.29, 0.717) is 22.6 Å². The smallest absolute Gasteiger partial charge is 0.343 e. The molecule has 1 aliphatic heterocycles. The molecule has 0 fully saturated rings. The molecule has 0 bridgehead atoms. The summed E-state index contributed by atoms with van der Waals surface area (Å²) in [4.78, 5) is 25.6. The van der Waals surface area contributed by atoms with Crippen molar-refractivity contribution in [3.8, 4) is 11.5 Å². The number of carbonyl (C=O) groups excluding carboxylic acids is 2. The third-order valence-corrected chi connectivity index (χ3v) is 5.10. The Hall–Kier alpha value is -2.70. The van der Waals surface area contributed by atoms with Crippen LogP contribution in [0, 0.1) is 0 Å². The van der Waals surface area contributed by atoms with Crippen molar-refractivity contribution in [1.29, 1.82) is 0 Å². The van der Waals surface area contributed by atoms with E-state index in [9.17, 15) is 9.59 Å².